The zero-order chi connectivity index (χ0) is 14.1. The normalized spacial score (nSPS) is 10.7. The number of thiazole rings is 1. The van der Waals surface area contributed by atoms with Gasteiger partial charge < -0.3 is 5.32 Å². The van der Waals surface area contributed by atoms with Crippen molar-refractivity contribution in [2.45, 2.75) is 0 Å². The minimum atomic E-state index is -0.290. The second kappa shape index (κ2) is 5.40. The molecule has 2 aromatic carbocycles. The number of nitrogens with zero attached hydrogens (tertiary/aromatic N) is 1. The number of benzene rings is 2. The van der Waals surface area contributed by atoms with Gasteiger partial charge in [0, 0.05) is 10.7 Å². The van der Waals surface area contributed by atoms with Gasteiger partial charge in [-0.1, -0.05) is 23.2 Å². The Morgan fingerprint density at radius 2 is 2.00 bits per heavy atom. The monoisotopic (exact) mass is 322 g/mol. The van der Waals surface area contributed by atoms with E-state index >= 15 is 0 Å². The van der Waals surface area contributed by atoms with Gasteiger partial charge in [0.05, 0.1) is 26.3 Å². The van der Waals surface area contributed by atoms with Gasteiger partial charge in [-0.2, -0.15) is 0 Å². The number of fused-ring (bicyclic) bond motifs is 1. The lowest BCUT2D eigenvalue weighted by Crippen LogP contribution is -2.12. The zero-order valence-corrected chi connectivity index (χ0v) is 12.4. The first-order valence-electron chi connectivity index (χ1n) is 5.73. The summed E-state index contributed by atoms with van der Waals surface area (Å²) in [6, 6.07) is 10.3. The Kier molecular flexibility index (Phi) is 3.61. The van der Waals surface area contributed by atoms with Crippen LogP contribution in [-0.4, -0.2) is 10.9 Å². The van der Waals surface area contributed by atoms with Gasteiger partial charge in [0.25, 0.3) is 5.91 Å². The molecule has 0 saturated heterocycles. The van der Waals surface area contributed by atoms with E-state index < -0.39 is 0 Å². The van der Waals surface area contributed by atoms with E-state index in [4.69, 9.17) is 23.2 Å². The predicted molar refractivity (Wildman–Crippen MR) is 84.0 cm³/mol. The third-order valence-electron chi connectivity index (χ3n) is 2.76. The lowest BCUT2D eigenvalue weighted by molar-refractivity contribution is 0.102. The number of amides is 1. The second-order valence-electron chi connectivity index (χ2n) is 4.11. The lowest BCUT2D eigenvalue weighted by atomic mass is 10.2. The van der Waals surface area contributed by atoms with Gasteiger partial charge in [-0.3, -0.25) is 4.79 Å². The summed E-state index contributed by atoms with van der Waals surface area (Å²) in [5.41, 5.74) is 3.73. The molecule has 0 saturated carbocycles. The third-order valence-corrected chi connectivity index (χ3v) is 4.12. The summed E-state index contributed by atoms with van der Waals surface area (Å²) < 4.78 is 1.01. The minimum absolute atomic E-state index is 0.290. The van der Waals surface area contributed by atoms with E-state index in [1.807, 2.05) is 12.1 Å². The Morgan fingerprint density at radius 1 is 1.15 bits per heavy atom. The van der Waals surface area contributed by atoms with E-state index in [1.165, 1.54) is 11.3 Å². The van der Waals surface area contributed by atoms with Crippen molar-refractivity contribution in [3.63, 3.8) is 0 Å². The maximum absolute atomic E-state index is 12.2. The van der Waals surface area contributed by atoms with E-state index in [0.717, 1.165) is 10.2 Å². The van der Waals surface area contributed by atoms with Crippen LogP contribution in [0.2, 0.25) is 10.0 Å². The number of rotatable bonds is 2. The molecule has 0 atom stereocenters. The summed E-state index contributed by atoms with van der Waals surface area (Å²) in [5.74, 6) is -0.290. The fraction of sp³-hybridized carbons (Fsp3) is 0. The standard InChI is InChI=1S/C14H8Cl2N2OS/c15-8-1-3-11(16)10(5-8)14(19)18-9-2-4-12-13(6-9)20-7-17-12/h1-7H,(H,18,19). The third kappa shape index (κ3) is 2.63. The molecule has 6 heteroatoms. The van der Waals surface area contributed by atoms with E-state index in [1.54, 1.807) is 29.8 Å². The van der Waals surface area contributed by atoms with Gasteiger partial charge in [-0.15, -0.1) is 11.3 Å². The molecular formula is C14H8Cl2N2OS. The Hall–Kier alpha value is -1.62. The molecule has 100 valence electrons. The molecule has 20 heavy (non-hydrogen) atoms. The van der Waals surface area contributed by atoms with Crippen LogP contribution < -0.4 is 5.32 Å². The highest BCUT2D eigenvalue weighted by Crippen LogP contribution is 2.24. The number of hydrogen-bond donors (Lipinski definition) is 1. The average Bonchev–Trinajstić information content (AvgIpc) is 2.89. The van der Waals surface area contributed by atoms with Crippen LogP contribution in [0.5, 0.6) is 0 Å². The fourth-order valence-electron chi connectivity index (χ4n) is 1.80. The lowest BCUT2D eigenvalue weighted by Gasteiger charge is -2.07. The van der Waals surface area contributed by atoms with Gasteiger partial charge in [-0.25, -0.2) is 4.98 Å². The van der Waals surface area contributed by atoms with Crippen molar-refractivity contribution in [2.24, 2.45) is 0 Å². The molecule has 0 aliphatic heterocycles. The topological polar surface area (TPSA) is 42.0 Å². The van der Waals surface area contributed by atoms with Crippen LogP contribution in [0, 0.1) is 0 Å². The van der Waals surface area contributed by atoms with Crippen LogP contribution in [0.4, 0.5) is 5.69 Å². The van der Waals surface area contributed by atoms with Crippen molar-refractivity contribution < 1.29 is 4.79 Å². The molecule has 0 bridgehead atoms. The largest absolute Gasteiger partial charge is 0.322 e. The first-order chi connectivity index (χ1) is 9.63. The van der Waals surface area contributed by atoms with Crippen LogP contribution in [0.15, 0.2) is 41.9 Å². The van der Waals surface area contributed by atoms with E-state index in [9.17, 15) is 4.79 Å². The zero-order valence-electron chi connectivity index (χ0n) is 10.1. The van der Waals surface area contributed by atoms with Crippen LogP contribution in [0.3, 0.4) is 0 Å². The fourth-order valence-corrected chi connectivity index (χ4v) is 2.89. The molecule has 3 aromatic rings. The van der Waals surface area contributed by atoms with Crippen molar-refractivity contribution in [2.75, 3.05) is 5.32 Å². The van der Waals surface area contributed by atoms with Gasteiger partial charge in [0.2, 0.25) is 0 Å². The quantitative estimate of drug-likeness (QED) is 0.732. The number of hydrogen-bond acceptors (Lipinski definition) is 3. The van der Waals surface area contributed by atoms with Crippen LogP contribution in [0.1, 0.15) is 10.4 Å². The molecule has 0 spiro atoms. The van der Waals surface area contributed by atoms with Gasteiger partial charge in [-0.05, 0) is 36.4 Å². The number of nitrogens with one attached hydrogen (secondary N) is 1. The minimum Gasteiger partial charge on any atom is -0.322 e. The molecule has 1 heterocycles. The molecule has 0 radical (unpaired) electrons. The number of anilines is 1. The van der Waals surface area contributed by atoms with Crippen LogP contribution in [-0.2, 0) is 0 Å². The second-order valence-corrected chi connectivity index (χ2v) is 5.84. The molecule has 1 amide bonds. The molecule has 1 N–H and O–H groups in total. The highest BCUT2D eigenvalue weighted by molar-refractivity contribution is 7.16. The summed E-state index contributed by atoms with van der Waals surface area (Å²) in [6.45, 7) is 0. The predicted octanol–water partition coefficient (Wildman–Crippen LogP) is 4.86. The van der Waals surface area contributed by atoms with Gasteiger partial charge in [0.15, 0.2) is 0 Å². The maximum atomic E-state index is 12.2. The smallest absolute Gasteiger partial charge is 0.257 e. The number of carbonyl (C=O) groups excluding carboxylic acids is 1. The average molecular weight is 323 g/mol. The number of carbonyl (C=O) groups is 1. The Balaban J connectivity index is 1.89. The van der Waals surface area contributed by atoms with E-state index in [0.29, 0.717) is 21.3 Å². The first-order valence-corrected chi connectivity index (χ1v) is 7.37. The Morgan fingerprint density at radius 3 is 2.85 bits per heavy atom. The summed E-state index contributed by atoms with van der Waals surface area (Å²) >= 11 is 13.4. The molecule has 0 aliphatic carbocycles. The molecule has 3 rings (SSSR count). The summed E-state index contributed by atoms with van der Waals surface area (Å²) in [6.07, 6.45) is 0. The molecule has 0 aliphatic rings. The summed E-state index contributed by atoms with van der Waals surface area (Å²) in [4.78, 5) is 16.4. The van der Waals surface area contributed by atoms with Crippen molar-refractivity contribution in [3.8, 4) is 0 Å². The van der Waals surface area contributed by atoms with E-state index in [2.05, 4.69) is 10.3 Å². The number of halogens is 2. The molecular weight excluding hydrogens is 315 g/mol. The summed E-state index contributed by atoms with van der Waals surface area (Å²) in [5, 5.41) is 3.64. The van der Waals surface area contributed by atoms with E-state index in [-0.39, 0.29) is 5.91 Å². The van der Waals surface area contributed by atoms with Crippen LogP contribution >= 0.6 is 34.5 Å². The van der Waals surface area contributed by atoms with Gasteiger partial charge >= 0.3 is 0 Å². The van der Waals surface area contributed by atoms with Crippen molar-refractivity contribution in [1.82, 2.24) is 4.98 Å². The molecule has 3 nitrogen and oxygen atoms in total. The Bertz CT molecular complexity index is 801. The van der Waals surface area contributed by atoms with Crippen LogP contribution in [0.25, 0.3) is 10.2 Å². The first kappa shape index (κ1) is 13.4. The van der Waals surface area contributed by atoms with Crippen molar-refractivity contribution >= 4 is 56.3 Å². The Labute approximate surface area is 129 Å². The molecule has 0 fully saturated rings. The SMILES string of the molecule is O=C(Nc1ccc2ncsc2c1)c1cc(Cl)ccc1Cl. The number of aromatic nitrogens is 1. The molecule has 1 aromatic heterocycles. The highest BCUT2D eigenvalue weighted by Gasteiger charge is 2.11. The molecule has 0 unspecified atom stereocenters. The maximum Gasteiger partial charge on any atom is 0.257 e. The van der Waals surface area contributed by atoms with Crippen molar-refractivity contribution in [1.29, 1.82) is 0 Å². The highest BCUT2D eigenvalue weighted by atomic mass is 35.5. The van der Waals surface area contributed by atoms with Gasteiger partial charge in [0.1, 0.15) is 0 Å². The summed E-state index contributed by atoms with van der Waals surface area (Å²) in [7, 11) is 0. The van der Waals surface area contributed by atoms with Crippen molar-refractivity contribution in [3.05, 3.63) is 57.5 Å².